The van der Waals surface area contributed by atoms with Crippen molar-refractivity contribution >= 4 is 8.32 Å². The van der Waals surface area contributed by atoms with Crippen LogP contribution in [-0.2, 0) is 11.0 Å². The molecule has 1 aromatic rings. The van der Waals surface area contributed by atoms with Crippen molar-refractivity contribution in [3.63, 3.8) is 0 Å². The van der Waals surface area contributed by atoms with Crippen LogP contribution >= 0.6 is 0 Å². The van der Waals surface area contributed by atoms with Crippen molar-refractivity contribution in [2.75, 3.05) is 13.1 Å². The van der Waals surface area contributed by atoms with Gasteiger partial charge >= 0.3 is 0 Å². The second-order valence-corrected chi connectivity index (χ2v) is 9.83. The summed E-state index contributed by atoms with van der Waals surface area (Å²) in [6, 6.07) is 6.07. The maximum Gasteiger partial charge on any atom is 0.184 e. The average molecular weight is 236 g/mol. The highest BCUT2D eigenvalue weighted by atomic mass is 28.4. The first-order valence-electron chi connectivity index (χ1n) is 5.83. The van der Waals surface area contributed by atoms with Gasteiger partial charge in [0.25, 0.3) is 0 Å². The van der Waals surface area contributed by atoms with Gasteiger partial charge in [0, 0.05) is 25.8 Å². The molecule has 0 radical (unpaired) electrons. The predicted molar refractivity (Wildman–Crippen MR) is 67.7 cm³/mol. The minimum Gasteiger partial charge on any atom is -0.412 e. The van der Waals surface area contributed by atoms with Gasteiger partial charge in [-0.1, -0.05) is 6.07 Å². The van der Waals surface area contributed by atoms with E-state index in [4.69, 9.17) is 4.43 Å². The van der Waals surface area contributed by atoms with Gasteiger partial charge in [-0.3, -0.25) is 9.88 Å². The van der Waals surface area contributed by atoms with E-state index in [0.29, 0.717) is 6.10 Å². The van der Waals surface area contributed by atoms with Crippen molar-refractivity contribution in [3.05, 3.63) is 30.1 Å². The van der Waals surface area contributed by atoms with E-state index in [-0.39, 0.29) is 0 Å². The minimum absolute atomic E-state index is 0.454. The van der Waals surface area contributed by atoms with Crippen molar-refractivity contribution in [2.45, 2.75) is 32.3 Å². The summed E-state index contributed by atoms with van der Waals surface area (Å²) in [4.78, 5) is 6.71. The molecule has 0 bridgehead atoms. The van der Waals surface area contributed by atoms with Gasteiger partial charge in [-0.25, -0.2) is 0 Å². The zero-order valence-corrected chi connectivity index (χ0v) is 11.3. The lowest BCUT2D eigenvalue weighted by Crippen LogP contribution is -2.54. The van der Waals surface area contributed by atoms with Gasteiger partial charge in [-0.15, -0.1) is 0 Å². The molecule has 1 saturated heterocycles. The molecule has 0 atom stereocenters. The molecule has 88 valence electrons. The van der Waals surface area contributed by atoms with Crippen molar-refractivity contribution in [1.82, 2.24) is 9.88 Å². The minimum atomic E-state index is -1.35. The Morgan fingerprint density at radius 3 is 2.69 bits per heavy atom. The Balaban J connectivity index is 1.73. The second-order valence-electron chi connectivity index (χ2n) is 5.37. The van der Waals surface area contributed by atoms with Gasteiger partial charge in [0.1, 0.15) is 0 Å². The predicted octanol–water partition coefficient (Wildman–Crippen LogP) is 2.12. The van der Waals surface area contributed by atoms with Crippen LogP contribution < -0.4 is 0 Å². The van der Waals surface area contributed by atoms with E-state index in [9.17, 15) is 0 Å². The summed E-state index contributed by atoms with van der Waals surface area (Å²) in [5.41, 5.74) is 1.15. The smallest absolute Gasteiger partial charge is 0.184 e. The fraction of sp³-hybridized carbons (Fsp3) is 0.583. The summed E-state index contributed by atoms with van der Waals surface area (Å²) in [6.45, 7) is 9.80. The molecule has 1 fully saturated rings. The highest BCUT2D eigenvalue weighted by Gasteiger charge is 2.31. The van der Waals surface area contributed by atoms with E-state index in [2.05, 4.69) is 35.6 Å². The van der Waals surface area contributed by atoms with Gasteiger partial charge in [0.05, 0.1) is 11.8 Å². The molecule has 0 aliphatic carbocycles. The first-order chi connectivity index (χ1) is 7.53. The highest BCUT2D eigenvalue weighted by molar-refractivity contribution is 6.69. The van der Waals surface area contributed by atoms with Crippen LogP contribution in [0.15, 0.2) is 24.4 Å². The summed E-state index contributed by atoms with van der Waals surface area (Å²) in [6.07, 6.45) is 2.31. The maximum absolute atomic E-state index is 6.02. The topological polar surface area (TPSA) is 25.4 Å². The van der Waals surface area contributed by atoms with Crippen LogP contribution in [0.1, 0.15) is 5.69 Å². The second kappa shape index (κ2) is 4.65. The van der Waals surface area contributed by atoms with Crippen LogP contribution in [0.3, 0.4) is 0 Å². The Bertz CT molecular complexity index is 331. The average Bonchev–Trinajstić information content (AvgIpc) is 2.14. The summed E-state index contributed by atoms with van der Waals surface area (Å²) in [5.74, 6) is 0. The standard InChI is InChI=1S/C12H20N2OSi/c1-16(2,3)15-12-9-14(10-12)8-11-6-4-5-7-13-11/h4-7,12H,8-10H2,1-3H3. The van der Waals surface area contributed by atoms with Crippen LogP contribution in [0.4, 0.5) is 0 Å². The van der Waals surface area contributed by atoms with Crippen LogP contribution in [0.25, 0.3) is 0 Å². The number of nitrogens with zero attached hydrogens (tertiary/aromatic N) is 2. The number of hydrogen-bond donors (Lipinski definition) is 0. The molecule has 1 aromatic heterocycles. The number of hydrogen-bond acceptors (Lipinski definition) is 3. The van der Waals surface area contributed by atoms with E-state index in [1.807, 2.05) is 18.3 Å². The number of pyridine rings is 1. The third kappa shape index (κ3) is 3.40. The van der Waals surface area contributed by atoms with E-state index < -0.39 is 8.32 Å². The normalized spacial score (nSPS) is 18.4. The Labute approximate surface area is 98.6 Å². The van der Waals surface area contributed by atoms with E-state index in [1.165, 1.54) is 0 Å². The molecule has 4 heteroatoms. The van der Waals surface area contributed by atoms with Crippen LogP contribution in [0.5, 0.6) is 0 Å². The molecule has 1 aliphatic heterocycles. The lowest BCUT2D eigenvalue weighted by atomic mass is 10.1. The van der Waals surface area contributed by atoms with Crippen molar-refractivity contribution in [3.8, 4) is 0 Å². The van der Waals surface area contributed by atoms with Crippen LogP contribution in [0, 0.1) is 0 Å². The quantitative estimate of drug-likeness (QED) is 0.749. The molecule has 1 aliphatic rings. The van der Waals surface area contributed by atoms with Gasteiger partial charge in [-0.05, 0) is 31.8 Å². The van der Waals surface area contributed by atoms with Gasteiger partial charge in [0.15, 0.2) is 8.32 Å². The highest BCUT2D eigenvalue weighted by Crippen LogP contribution is 2.18. The van der Waals surface area contributed by atoms with Gasteiger partial charge in [0.2, 0.25) is 0 Å². The number of aromatic nitrogens is 1. The van der Waals surface area contributed by atoms with Crippen LogP contribution in [0.2, 0.25) is 19.6 Å². The monoisotopic (exact) mass is 236 g/mol. The van der Waals surface area contributed by atoms with E-state index >= 15 is 0 Å². The molecular weight excluding hydrogens is 216 g/mol. The summed E-state index contributed by atoms with van der Waals surface area (Å²) >= 11 is 0. The maximum atomic E-state index is 6.02. The summed E-state index contributed by atoms with van der Waals surface area (Å²) in [7, 11) is -1.35. The third-order valence-electron chi connectivity index (χ3n) is 2.56. The molecule has 0 N–H and O–H groups in total. The Hall–Kier alpha value is -0.713. The molecule has 0 spiro atoms. The molecule has 16 heavy (non-hydrogen) atoms. The van der Waals surface area contributed by atoms with Crippen molar-refractivity contribution in [1.29, 1.82) is 0 Å². The lowest BCUT2D eigenvalue weighted by molar-refractivity contribution is 0.00882. The molecular formula is C12H20N2OSi. The Morgan fingerprint density at radius 1 is 1.38 bits per heavy atom. The Kier molecular flexibility index (Phi) is 3.42. The fourth-order valence-electron chi connectivity index (χ4n) is 1.95. The third-order valence-corrected chi connectivity index (χ3v) is 3.60. The number of rotatable bonds is 4. The molecule has 0 amide bonds. The molecule has 0 unspecified atom stereocenters. The zero-order chi connectivity index (χ0) is 11.6. The van der Waals surface area contributed by atoms with Crippen molar-refractivity contribution < 1.29 is 4.43 Å². The molecule has 3 nitrogen and oxygen atoms in total. The van der Waals surface area contributed by atoms with Crippen molar-refractivity contribution in [2.24, 2.45) is 0 Å². The van der Waals surface area contributed by atoms with E-state index in [1.54, 1.807) is 0 Å². The first-order valence-corrected chi connectivity index (χ1v) is 9.24. The summed E-state index contributed by atoms with van der Waals surface area (Å²) < 4.78 is 6.02. The molecule has 0 aromatic carbocycles. The number of likely N-dealkylation sites (tertiary alicyclic amines) is 1. The fourth-order valence-corrected chi connectivity index (χ4v) is 3.10. The van der Waals surface area contributed by atoms with Gasteiger partial charge < -0.3 is 4.43 Å². The van der Waals surface area contributed by atoms with Gasteiger partial charge in [-0.2, -0.15) is 0 Å². The Morgan fingerprint density at radius 2 is 2.12 bits per heavy atom. The SMILES string of the molecule is C[Si](C)(C)OC1CN(Cc2ccccn2)C1. The van der Waals surface area contributed by atoms with Crippen LogP contribution in [-0.4, -0.2) is 37.4 Å². The zero-order valence-electron chi connectivity index (χ0n) is 10.3. The molecule has 2 heterocycles. The van der Waals surface area contributed by atoms with E-state index in [0.717, 1.165) is 25.3 Å². The molecule has 0 saturated carbocycles. The summed E-state index contributed by atoms with van der Waals surface area (Å²) in [5, 5.41) is 0. The largest absolute Gasteiger partial charge is 0.412 e. The lowest BCUT2D eigenvalue weighted by Gasteiger charge is -2.41. The molecule has 2 rings (SSSR count). The first kappa shape index (κ1) is 11.8.